The predicted molar refractivity (Wildman–Crippen MR) is 160 cm³/mol. The molecule has 2 aromatic carbocycles. The van der Waals surface area contributed by atoms with Gasteiger partial charge in [0.05, 0.1) is 11.1 Å². The summed E-state index contributed by atoms with van der Waals surface area (Å²) < 4.78 is 1.57. The van der Waals surface area contributed by atoms with Crippen molar-refractivity contribution in [3.05, 3.63) is 104 Å². The second-order valence-electron chi connectivity index (χ2n) is 8.52. The number of rotatable bonds is 9. The standard InChI is InChI=1S/C28H23ClN4O2S3/c1-3-11-33-26(35)24-21(19-7-5-4-6-8-19)15-36-25(24)32-28(33)37-16-23(34)31-27-30-14-20(38-27)12-18-10-9-17(2)22(29)13-18/h3-10,13-15H,1,11-12,16H2,2H3,(H,30,31,34). The van der Waals surface area contributed by atoms with Crippen LogP contribution in [0.5, 0.6) is 0 Å². The summed E-state index contributed by atoms with van der Waals surface area (Å²) in [6.45, 7) is 6.06. The van der Waals surface area contributed by atoms with Gasteiger partial charge in [0.1, 0.15) is 4.83 Å². The number of hydrogen-bond acceptors (Lipinski definition) is 7. The summed E-state index contributed by atoms with van der Waals surface area (Å²) in [4.78, 5) is 37.0. The molecule has 3 aromatic heterocycles. The van der Waals surface area contributed by atoms with E-state index in [0.717, 1.165) is 32.2 Å². The van der Waals surface area contributed by atoms with Gasteiger partial charge in [-0.3, -0.25) is 14.2 Å². The van der Waals surface area contributed by atoms with Gasteiger partial charge in [-0.05, 0) is 29.7 Å². The molecule has 0 radical (unpaired) electrons. The monoisotopic (exact) mass is 578 g/mol. The van der Waals surface area contributed by atoms with Crippen molar-refractivity contribution >= 4 is 67.3 Å². The van der Waals surface area contributed by atoms with Crippen molar-refractivity contribution in [2.24, 2.45) is 0 Å². The summed E-state index contributed by atoms with van der Waals surface area (Å²) in [5.41, 5.74) is 3.81. The van der Waals surface area contributed by atoms with E-state index in [0.29, 0.717) is 33.5 Å². The zero-order valence-corrected chi connectivity index (χ0v) is 23.6. The number of fused-ring (bicyclic) bond motifs is 1. The van der Waals surface area contributed by atoms with Gasteiger partial charge in [0.15, 0.2) is 10.3 Å². The molecule has 3 heterocycles. The SMILES string of the molecule is C=CCn1c(SCC(=O)Nc2ncc(Cc3ccc(C)c(Cl)c3)s2)nc2scc(-c3ccccc3)c2c1=O. The molecule has 0 aliphatic rings. The van der Waals surface area contributed by atoms with E-state index >= 15 is 0 Å². The zero-order valence-electron chi connectivity index (χ0n) is 20.4. The van der Waals surface area contributed by atoms with Crippen LogP contribution in [0.3, 0.4) is 0 Å². The lowest BCUT2D eigenvalue weighted by atomic mass is 10.1. The smallest absolute Gasteiger partial charge is 0.263 e. The van der Waals surface area contributed by atoms with E-state index in [4.69, 9.17) is 16.6 Å². The summed E-state index contributed by atoms with van der Waals surface area (Å²) in [6.07, 6.45) is 4.11. The Labute approximate surface area is 237 Å². The van der Waals surface area contributed by atoms with Crippen molar-refractivity contribution in [1.29, 1.82) is 0 Å². The van der Waals surface area contributed by atoms with Crippen molar-refractivity contribution < 1.29 is 4.79 Å². The maximum absolute atomic E-state index is 13.5. The van der Waals surface area contributed by atoms with Crippen LogP contribution in [0.25, 0.3) is 21.3 Å². The first-order valence-corrected chi connectivity index (χ1v) is 14.8. The fourth-order valence-electron chi connectivity index (χ4n) is 3.92. The maximum Gasteiger partial charge on any atom is 0.263 e. The second kappa shape index (κ2) is 11.7. The molecule has 0 spiro atoms. The third-order valence-electron chi connectivity index (χ3n) is 5.80. The Hall–Kier alpha value is -3.24. The molecule has 1 N–H and O–H groups in total. The number of nitrogens with zero attached hydrogens (tertiary/aromatic N) is 3. The molecule has 38 heavy (non-hydrogen) atoms. The number of thiophene rings is 1. The van der Waals surface area contributed by atoms with Crippen LogP contribution in [0.2, 0.25) is 5.02 Å². The number of benzene rings is 2. The van der Waals surface area contributed by atoms with Gasteiger partial charge in [0.25, 0.3) is 5.56 Å². The second-order valence-corrected chi connectivity index (χ2v) is 11.8. The van der Waals surface area contributed by atoms with E-state index in [1.165, 1.54) is 34.4 Å². The van der Waals surface area contributed by atoms with Crippen LogP contribution >= 0.6 is 46.0 Å². The third kappa shape index (κ3) is 5.76. The van der Waals surface area contributed by atoms with Gasteiger partial charge in [0.2, 0.25) is 5.91 Å². The van der Waals surface area contributed by atoms with Gasteiger partial charge in [-0.1, -0.05) is 71.9 Å². The Morgan fingerprint density at radius 1 is 1.24 bits per heavy atom. The minimum absolute atomic E-state index is 0.0918. The van der Waals surface area contributed by atoms with Crippen molar-refractivity contribution in [2.45, 2.75) is 25.0 Å². The number of hydrogen-bond donors (Lipinski definition) is 1. The first kappa shape index (κ1) is 26.4. The molecule has 0 aliphatic heterocycles. The molecule has 0 atom stereocenters. The number of aromatic nitrogens is 3. The number of carbonyl (C=O) groups is 1. The molecule has 5 aromatic rings. The molecule has 0 bridgehead atoms. The van der Waals surface area contributed by atoms with E-state index in [1.807, 2.05) is 60.8 Å². The Morgan fingerprint density at radius 3 is 2.82 bits per heavy atom. The number of halogens is 1. The summed E-state index contributed by atoms with van der Waals surface area (Å²) in [7, 11) is 0. The minimum Gasteiger partial charge on any atom is -0.301 e. The van der Waals surface area contributed by atoms with E-state index in [2.05, 4.69) is 16.9 Å². The van der Waals surface area contributed by atoms with Gasteiger partial charge in [-0.25, -0.2) is 9.97 Å². The van der Waals surface area contributed by atoms with Crippen LogP contribution in [0.4, 0.5) is 5.13 Å². The van der Waals surface area contributed by atoms with Crippen molar-refractivity contribution in [2.75, 3.05) is 11.1 Å². The number of thioether (sulfide) groups is 1. The average Bonchev–Trinajstić information content (AvgIpc) is 3.54. The Morgan fingerprint density at radius 2 is 2.05 bits per heavy atom. The van der Waals surface area contributed by atoms with Gasteiger partial charge in [-0.15, -0.1) is 29.3 Å². The normalized spacial score (nSPS) is 11.1. The lowest BCUT2D eigenvalue weighted by Gasteiger charge is -2.10. The fourth-order valence-corrected chi connectivity index (χ4v) is 6.78. The Balaban J connectivity index is 1.30. The van der Waals surface area contributed by atoms with Crippen LogP contribution in [0.15, 0.2) is 82.7 Å². The quantitative estimate of drug-likeness (QED) is 0.115. The first-order valence-electron chi connectivity index (χ1n) is 11.7. The number of amides is 1. The van der Waals surface area contributed by atoms with E-state index in [1.54, 1.807) is 16.8 Å². The molecule has 0 saturated heterocycles. The minimum atomic E-state index is -0.218. The van der Waals surface area contributed by atoms with Crippen molar-refractivity contribution in [1.82, 2.24) is 14.5 Å². The number of carbonyl (C=O) groups excluding carboxylic acids is 1. The average molecular weight is 579 g/mol. The van der Waals surface area contributed by atoms with Crippen LogP contribution in [0, 0.1) is 6.92 Å². The van der Waals surface area contributed by atoms with Crippen molar-refractivity contribution in [3.8, 4) is 11.1 Å². The molecule has 10 heteroatoms. The van der Waals surface area contributed by atoms with E-state index in [9.17, 15) is 9.59 Å². The molecule has 192 valence electrons. The van der Waals surface area contributed by atoms with Crippen LogP contribution < -0.4 is 10.9 Å². The fraction of sp³-hybridized carbons (Fsp3) is 0.143. The van der Waals surface area contributed by atoms with Crippen molar-refractivity contribution in [3.63, 3.8) is 0 Å². The molecule has 1 amide bonds. The summed E-state index contributed by atoms with van der Waals surface area (Å²) in [5.74, 6) is -0.126. The summed E-state index contributed by atoms with van der Waals surface area (Å²) >= 11 is 10.3. The number of aryl methyl sites for hydroxylation is 1. The number of anilines is 1. The molecular formula is C28H23ClN4O2S3. The summed E-state index contributed by atoms with van der Waals surface area (Å²) in [5, 5.41) is 7.14. The predicted octanol–water partition coefficient (Wildman–Crippen LogP) is 7.05. The van der Waals surface area contributed by atoms with Gasteiger partial charge >= 0.3 is 0 Å². The number of thiazole rings is 1. The first-order chi connectivity index (χ1) is 18.4. The lowest BCUT2D eigenvalue weighted by molar-refractivity contribution is -0.113. The van der Waals surface area contributed by atoms with Gasteiger partial charge in [-0.2, -0.15) is 0 Å². The van der Waals surface area contributed by atoms with Crippen LogP contribution in [-0.4, -0.2) is 26.2 Å². The molecule has 0 aliphatic carbocycles. The highest BCUT2D eigenvalue weighted by molar-refractivity contribution is 7.99. The van der Waals surface area contributed by atoms with Crippen LogP contribution in [-0.2, 0) is 17.8 Å². The summed E-state index contributed by atoms with van der Waals surface area (Å²) in [6, 6.07) is 15.8. The lowest BCUT2D eigenvalue weighted by Crippen LogP contribution is -2.23. The molecule has 0 unspecified atom stereocenters. The molecular weight excluding hydrogens is 556 g/mol. The number of nitrogens with one attached hydrogen (secondary N) is 1. The number of allylic oxidation sites excluding steroid dienone is 1. The molecule has 0 saturated carbocycles. The molecule has 0 fully saturated rings. The highest BCUT2D eigenvalue weighted by Crippen LogP contribution is 2.32. The largest absolute Gasteiger partial charge is 0.301 e. The molecule has 5 rings (SSSR count). The molecule has 6 nitrogen and oxygen atoms in total. The Kier molecular flexibility index (Phi) is 8.09. The van der Waals surface area contributed by atoms with E-state index in [-0.39, 0.29) is 17.2 Å². The third-order valence-corrected chi connectivity index (χ3v) is 8.97. The highest BCUT2D eigenvalue weighted by Gasteiger charge is 2.18. The van der Waals surface area contributed by atoms with Gasteiger partial charge in [0, 0.05) is 40.0 Å². The van der Waals surface area contributed by atoms with Crippen LogP contribution in [0.1, 0.15) is 16.0 Å². The maximum atomic E-state index is 13.5. The topological polar surface area (TPSA) is 76.9 Å². The highest BCUT2D eigenvalue weighted by atomic mass is 35.5. The van der Waals surface area contributed by atoms with Gasteiger partial charge < -0.3 is 5.32 Å². The Bertz CT molecular complexity index is 1690. The zero-order chi connectivity index (χ0) is 26.6. The van der Waals surface area contributed by atoms with E-state index < -0.39 is 0 Å².